The average molecular weight is 1250 g/mol. The molecule has 28 nitrogen and oxygen atoms in total. The van der Waals surface area contributed by atoms with Crippen LogP contribution in [0, 0.1) is 40.4 Å². The van der Waals surface area contributed by atoms with E-state index in [0.717, 1.165) is 19.3 Å². The molecule has 0 aromatic carbocycles. The topological polar surface area (TPSA) is 431 Å². The molecular weight excluding hydrogens is 1150 g/mol. The van der Waals surface area contributed by atoms with Gasteiger partial charge in [-0.3, -0.25) is 4.55 Å². The van der Waals surface area contributed by atoms with Crippen molar-refractivity contribution in [2.24, 2.45) is 40.4 Å². The van der Waals surface area contributed by atoms with Gasteiger partial charge in [-0.2, -0.15) is 8.42 Å². The maximum Gasteiger partial charge on any atom is 0.397 e. The van der Waals surface area contributed by atoms with Gasteiger partial charge < -0.3 is 118 Å². The maximum atomic E-state index is 12.4. The monoisotopic (exact) mass is 1240 g/mol. The van der Waals surface area contributed by atoms with Gasteiger partial charge in [0.05, 0.1) is 55.4 Å². The van der Waals surface area contributed by atoms with Gasteiger partial charge >= 0.3 is 10.4 Å². The minimum Gasteiger partial charge on any atom is -0.394 e. The van der Waals surface area contributed by atoms with Crippen molar-refractivity contribution >= 4 is 10.4 Å². The first kappa shape index (κ1) is 66.6. The van der Waals surface area contributed by atoms with Crippen LogP contribution in [0.5, 0.6) is 0 Å². The molecule has 0 unspecified atom stereocenters. The minimum absolute atomic E-state index is 0.0379. The predicted molar refractivity (Wildman–Crippen MR) is 285 cm³/mol. The van der Waals surface area contributed by atoms with E-state index in [9.17, 15) is 79.4 Å². The number of aliphatic hydroxyl groups excluding tert-OH is 12. The summed E-state index contributed by atoms with van der Waals surface area (Å²) in [7, 11) is -4.87. The third-order valence-corrected chi connectivity index (χ3v) is 21.4. The molecule has 6 saturated heterocycles. The van der Waals surface area contributed by atoms with Crippen LogP contribution in [0.2, 0.25) is 0 Å². The van der Waals surface area contributed by atoms with E-state index in [0.29, 0.717) is 25.2 Å². The molecule has 0 spiro atoms. The molecule has 3 saturated carbocycles. The second-order valence-corrected chi connectivity index (χ2v) is 28.0. The van der Waals surface area contributed by atoms with E-state index < -0.39 is 200 Å². The lowest BCUT2D eigenvalue weighted by molar-refractivity contribution is -0.398. The predicted octanol–water partition coefficient (Wildman–Crippen LogP) is -2.87. The van der Waals surface area contributed by atoms with Gasteiger partial charge in [-0.05, 0) is 119 Å². The Morgan fingerprint density at radius 3 is 1.76 bits per heavy atom. The van der Waals surface area contributed by atoms with Gasteiger partial charge in [0, 0.05) is 0 Å². The molecule has 35 atom stereocenters. The maximum absolute atomic E-state index is 12.4. The first-order chi connectivity index (χ1) is 39.8. The average Bonchev–Trinajstić information content (AvgIpc) is 1.72. The highest BCUT2D eigenvalue weighted by atomic mass is 32.3. The highest BCUT2D eigenvalue weighted by Crippen LogP contribution is 2.68. The lowest BCUT2D eigenvalue weighted by Crippen LogP contribution is -2.67. The summed E-state index contributed by atoms with van der Waals surface area (Å²) in [6.45, 7) is 13.2. The minimum atomic E-state index is -4.87. The summed E-state index contributed by atoms with van der Waals surface area (Å²) in [5.41, 5.74) is -0.895. The Kier molecular flexibility index (Phi) is 19.8. The van der Waals surface area contributed by atoms with Gasteiger partial charge in [-0.1, -0.05) is 39.3 Å². The van der Waals surface area contributed by atoms with E-state index in [2.05, 4.69) is 33.8 Å². The zero-order chi connectivity index (χ0) is 61.9. The Bertz CT molecular complexity index is 2430. The van der Waals surface area contributed by atoms with Crippen molar-refractivity contribution in [3.63, 3.8) is 0 Å². The number of allylic oxidation sites excluding steroid dienone is 2. The molecule has 0 radical (unpaired) electrons. The fourth-order valence-electron chi connectivity index (χ4n) is 16.2. The number of ether oxygens (including phenoxy) is 11. The molecule has 4 aliphatic carbocycles. The molecule has 10 aliphatic rings. The van der Waals surface area contributed by atoms with E-state index in [1.807, 2.05) is 6.92 Å². The normalized spacial score (nSPS) is 53.7. The molecule has 29 heteroatoms. The lowest BCUT2D eigenvalue weighted by atomic mass is 9.47. The number of epoxide rings is 1. The Labute approximate surface area is 494 Å². The molecule has 14 N–H and O–H groups in total. The van der Waals surface area contributed by atoms with Gasteiger partial charge in [-0.25, -0.2) is 4.18 Å². The van der Waals surface area contributed by atoms with Crippen molar-refractivity contribution in [2.45, 2.75) is 284 Å². The molecule has 0 bridgehead atoms. The molecule has 9 fully saturated rings. The first-order valence-corrected chi connectivity index (χ1v) is 31.5. The Morgan fingerprint density at radius 1 is 0.612 bits per heavy atom. The Balaban J connectivity index is 0.911. The fraction of sp³-hybridized carbons (Fsp3) is 0.964. The molecule has 0 amide bonds. The molecule has 0 aromatic heterocycles. The van der Waals surface area contributed by atoms with E-state index in [1.54, 1.807) is 0 Å². The van der Waals surface area contributed by atoms with Crippen LogP contribution in [0.1, 0.15) is 107 Å². The molecule has 6 aliphatic heterocycles. The van der Waals surface area contributed by atoms with Gasteiger partial charge in [0.25, 0.3) is 0 Å². The summed E-state index contributed by atoms with van der Waals surface area (Å²) in [6.07, 6.45) is -36.2. The van der Waals surface area contributed by atoms with Crippen LogP contribution in [0.25, 0.3) is 0 Å². The highest BCUT2D eigenvalue weighted by molar-refractivity contribution is 7.80. The Morgan fingerprint density at radius 2 is 1.18 bits per heavy atom. The number of aliphatic hydroxyl groups is 13. The van der Waals surface area contributed by atoms with Crippen LogP contribution < -0.4 is 0 Å². The number of rotatable bonds is 17. The first-order valence-electron chi connectivity index (χ1n) is 30.1. The van der Waals surface area contributed by atoms with Crippen molar-refractivity contribution in [1.29, 1.82) is 0 Å². The van der Waals surface area contributed by atoms with Gasteiger partial charge in [-0.15, -0.1) is 0 Å². The summed E-state index contributed by atoms with van der Waals surface area (Å²) in [5, 5.41) is 146. The third-order valence-electron chi connectivity index (χ3n) is 20.9. The lowest BCUT2D eigenvalue weighted by Gasteiger charge is -2.60. The summed E-state index contributed by atoms with van der Waals surface area (Å²) in [6, 6.07) is 0. The summed E-state index contributed by atoms with van der Waals surface area (Å²) < 4.78 is 107. The number of hydrogen-bond donors (Lipinski definition) is 14. The van der Waals surface area contributed by atoms with Crippen LogP contribution in [-0.4, -0.2) is 270 Å². The molecule has 10 rings (SSSR count). The van der Waals surface area contributed by atoms with Gasteiger partial charge in [0.2, 0.25) is 0 Å². The molecule has 490 valence electrons. The highest BCUT2D eigenvalue weighted by Gasteiger charge is 2.67. The number of fused-ring (bicyclic) bond motifs is 5. The molecular formula is C56H92O28S. The van der Waals surface area contributed by atoms with Crippen LogP contribution in [0.4, 0.5) is 0 Å². The standard InChI is InChI=1S/C56H92O28S/c1-20(2)15-30-48(77-30)56(8,69)33-10-9-26-25-17-29(28-16-24(84-85(70,71)72)11-13-54(28,6)27(25)12-14-55(26,33)7)78-51-44(68)45(36(60)23(5)76-51)81-52-46(82-49-42(66)39(63)34(58)21(3)74-49)38(62)32(19-73-52)80-53-47(41(65)37(61)31(18-57)79-53)83-50-43(67)40(64)35(59)22(4)75-50/h12,20-26,28-53,57-69H,9-11,13-19H2,1-8H3,(H,70,71,72)/t21-,22-,23-,24+,25-,26+,28-,29+,30+,31-,32-,33+,34-,35-,36-,37+,38+,39+,40+,41+,42-,43-,44-,45+,46-,47-,48+,49+,50+,51+,52+,53+,54-,55+,56-/m1/s1. The van der Waals surface area contributed by atoms with Crippen LogP contribution in [-0.2, 0) is 66.7 Å². The van der Waals surface area contributed by atoms with E-state index >= 15 is 0 Å². The smallest absolute Gasteiger partial charge is 0.394 e. The fourth-order valence-corrected chi connectivity index (χ4v) is 16.7. The van der Waals surface area contributed by atoms with E-state index in [-0.39, 0.29) is 48.2 Å². The van der Waals surface area contributed by atoms with Gasteiger partial charge in [0.15, 0.2) is 31.5 Å². The van der Waals surface area contributed by atoms with Crippen molar-refractivity contribution in [1.82, 2.24) is 0 Å². The summed E-state index contributed by atoms with van der Waals surface area (Å²) in [4.78, 5) is 0. The molecule has 0 aromatic rings. The third kappa shape index (κ3) is 12.7. The quantitative estimate of drug-likeness (QED) is 0.0395. The van der Waals surface area contributed by atoms with Crippen molar-refractivity contribution < 1.29 is 136 Å². The number of hydrogen-bond acceptors (Lipinski definition) is 27. The SMILES string of the molecule is CC(C)C[C@@H]1O[C@@H]1[C@](C)(O)[C@H]1CC[C@H]2[C@H]3C[C@H](O[C@@H]4O[C@H](C)[C@@H](O)[C@H](O[C@@H]5OC[C@@H](O[C@@H]6O[C@H](CO)[C@H](O)[C@H](O)[C@H]6O[C@@H]6O[C@H](C)[C@@H](O)[C@H](O)[C@H]6O)[C@H](O)[C@H]5O[C@@H]5O[C@H](C)[C@@H](O)[C@H](O)[C@H]5O)[C@H]4O)[C@H]4C[C@@H](OS(=O)(=O)O)CC[C@]4(C)C3=CC[C@]12C. The van der Waals surface area contributed by atoms with Gasteiger partial charge in [0.1, 0.15) is 104 Å². The molecule has 85 heavy (non-hydrogen) atoms. The Hall–Kier alpha value is -1.35. The van der Waals surface area contributed by atoms with E-state index in [1.165, 1.54) is 26.3 Å². The van der Waals surface area contributed by atoms with Crippen LogP contribution >= 0.6 is 0 Å². The summed E-state index contributed by atoms with van der Waals surface area (Å²) in [5.74, 6) is -0.228. The van der Waals surface area contributed by atoms with E-state index in [4.69, 9.17) is 56.3 Å². The van der Waals surface area contributed by atoms with Crippen LogP contribution in [0.3, 0.4) is 0 Å². The zero-order valence-corrected chi connectivity index (χ0v) is 49.9. The second-order valence-electron chi connectivity index (χ2n) is 26.9. The van der Waals surface area contributed by atoms with Crippen LogP contribution in [0.15, 0.2) is 11.6 Å². The zero-order valence-electron chi connectivity index (χ0n) is 49.1. The van der Waals surface area contributed by atoms with Crippen molar-refractivity contribution in [2.75, 3.05) is 13.2 Å². The second kappa shape index (κ2) is 25.3. The molecule has 6 heterocycles. The van der Waals surface area contributed by atoms with Crippen molar-refractivity contribution in [3.8, 4) is 0 Å². The van der Waals surface area contributed by atoms with Crippen molar-refractivity contribution in [3.05, 3.63) is 11.6 Å². The summed E-state index contributed by atoms with van der Waals surface area (Å²) >= 11 is 0. The largest absolute Gasteiger partial charge is 0.397 e.